The molecule has 0 aromatic heterocycles. The van der Waals surface area contributed by atoms with Gasteiger partial charge in [0.05, 0.1) is 10.5 Å². The van der Waals surface area contributed by atoms with Gasteiger partial charge in [-0.3, -0.25) is 14.9 Å². The Morgan fingerprint density at radius 2 is 2.29 bits per heavy atom. The predicted octanol–water partition coefficient (Wildman–Crippen LogP) is 1.92. The summed E-state index contributed by atoms with van der Waals surface area (Å²) in [6.45, 7) is 0.0744. The van der Waals surface area contributed by atoms with Crippen LogP contribution < -0.4 is 0 Å². The molecule has 0 heterocycles. The van der Waals surface area contributed by atoms with E-state index >= 15 is 0 Å². The van der Waals surface area contributed by atoms with Crippen molar-refractivity contribution in [3.63, 3.8) is 0 Å². The molecule has 74 valence electrons. The first kappa shape index (κ1) is 10.5. The first-order valence-electron chi connectivity index (χ1n) is 3.64. The largest absolute Gasteiger partial charge is 0.463 e. The van der Waals surface area contributed by atoms with Gasteiger partial charge >= 0.3 is 0 Å². The number of rotatable bonds is 4. The van der Waals surface area contributed by atoms with Gasteiger partial charge in [-0.05, 0) is 12.1 Å². The minimum atomic E-state index is -0.605. The number of hydrogen-bond acceptors (Lipinski definition) is 4. The van der Waals surface area contributed by atoms with Crippen molar-refractivity contribution < 1.29 is 14.5 Å². The minimum absolute atomic E-state index is 0.0296. The maximum Gasteiger partial charge on any atom is 0.294 e. The molecule has 0 unspecified atom stereocenters. The van der Waals surface area contributed by atoms with E-state index in [1.165, 1.54) is 12.1 Å². The number of nitro groups is 1. The van der Waals surface area contributed by atoms with Crippen molar-refractivity contribution in [2.24, 2.45) is 0 Å². The van der Waals surface area contributed by atoms with Crippen molar-refractivity contribution in [3.8, 4) is 0 Å². The zero-order valence-electron chi connectivity index (χ0n) is 6.97. The van der Waals surface area contributed by atoms with Gasteiger partial charge in [-0.2, -0.15) is 0 Å². The fraction of sp³-hybridized carbons (Fsp3) is 0.125. The van der Waals surface area contributed by atoms with E-state index in [-0.39, 0.29) is 29.4 Å². The summed E-state index contributed by atoms with van der Waals surface area (Å²) in [7, 11) is 0. The molecule has 0 saturated heterocycles. The molecule has 0 bridgehead atoms. The van der Waals surface area contributed by atoms with Crippen LogP contribution in [0, 0.1) is 10.1 Å². The fourth-order valence-electron chi connectivity index (χ4n) is 1.00. The van der Waals surface area contributed by atoms with Gasteiger partial charge in [-0.25, -0.2) is 0 Å². The summed E-state index contributed by atoms with van der Waals surface area (Å²) in [5.41, 5.74) is 0.0469. The summed E-state index contributed by atoms with van der Waals surface area (Å²) >= 11 is 5.62. The number of carbonyl (C=O) groups excluding carboxylic acids is 1. The van der Waals surface area contributed by atoms with Gasteiger partial charge in [0.1, 0.15) is 11.6 Å². The molecule has 0 aliphatic carbocycles. The molecule has 14 heavy (non-hydrogen) atoms. The maximum atomic E-state index is 10.6. The summed E-state index contributed by atoms with van der Waals surface area (Å²) in [6.07, 6.45) is 0. The third kappa shape index (κ3) is 2.20. The third-order valence-electron chi connectivity index (χ3n) is 1.56. The van der Waals surface area contributed by atoms with E-state index in [4.69, 9.17) is 11.6 Å². The lowest BCUT2D eigenvalue weighted by Crippen LogP contribution is -1.98. The highest BCUT2D eigenvalue weighted by Crippen LogP contribution is 2.28. The molecule has 0 aliphatic rings. The van der Waals surface area contributed by atoms with E-state index in [1.807, 2.05) is 0 Å². The molecule has 0 fully saturated rings. The maximum absolute atomic E-state index is 10.6. The highest BCUT2D eigenvalue weighted by atomic mass is 35.5. The Kier molecular flexibility index (Phi) is 3.41. The van der Waals surface area contributed by atoms with Crippen molar-refractivity contribution >= 4 is 23.8 Å². The molecule has 0 aliphatic heterocycles. The first-order chi connectivity index (χ1) is 6.66. The van der Waals surface area contributed by atoms with Crippen LogP contribution in [0.25, 0.3) is 0 Å². The average Bonchev–Trinajstić information content (AvgIpc) is 2.14. The van der Waals surface area contributed by atoms with E-state index in [0.29, 0.717) is 0 Å². The van der Waals surface area contributed by atoms with Crippen LogP contribution in [0.2, 0.25) is 5.02 Å². The van der Waals surface area contributed by atoms with Gasteiger partial charge < -0.3 is 4.74 Å². The second-order valence-electron chi connectivity index (χ2n) is 2.41. The van der Waals surface area contributed by atoms with E-state index in [9.17, 15) is 14.9 Å². The van der Waals surface area contributed by atoms with Gasteiger partial charge in [0.15, 0.2) is 0 Å². The number of ether oxygens (including phenoxy) is 1. The van der Waals surface area contributed by atoms with Crippen molar-refractivity contribution in [2.45, 2.75) is 6.61 Å². The number of halogens is 1. The Bertz CT molecular complexity index is 366. The molecule has 1 rings (SSSR count). The molecule has 1 aromatic carbocycles. The molecule has 0 N–H and O–H groups in total. The van der Waals surface area contributed by atoms with Crippen LogP contribution in [0.4, 0.5) is 5.69 Å². The second-order valence-corrected chi connectivity index (χ2v) is 2.82. The summed E-state index contributed by atoms with van der Waals surface area (Å²) in [4.78, 5) is 19.9. The van der Waals surface area contributed by atoms with Crippen LogP contribution >= 0.6 is 11.6 Å². The number of hydrogen-bond donors (Lipinski definition) is 0. The van der Waals surface area contributed by atoms with Gasteiger partial charge in [0, 0.05) is 0 Å². The number of nitrogens with zero attached hydrogens (tertiary/aromatic N) is 1. The monoisotopic (exact) mass is 215 g/mol. The molecule has 1 aromatic rings. The zero-order chi connectivity index (χ0) is 10.6. The van der Waals surface area contributed by atoms with E-state index in [1.54, 1.807) is 6.07 Å². The molecule has 6 heteroatoms. The molecule has 0 radical (unpaired) electrons. The van der Waals surface area contributed by atoms with E-state index in [0.717, 1.165) is 0 Å². The van der Waals surface area contributed by atoms with Crippen LogP contribution in [0.3, 0.4) is 0 Å². The number of nitro benzene ring substituents is 1. The molecule has 5 nitrogen and oxygen atoms in total. The quantitative estimate of drug-likeness (QED) is 0.437. The lowest BCUT2D eigenvalue weighted by Gasteiger charge is -2.02. The Balaban J connectivity index is 3.07. The summed E-state index contributed by atoms with van der Waals surface area (Å²) in [6, 6.07) is 4.44. The summed E-state index contributed by atoms with van der Waals surface area (Å²) < 4.78 is 4.42. The highest BCUT2D eigenvalue weighted by molar-refractivity contribution is 6.32. The molecule has 0 atom stereocenters. The van der Waals surface area contributed by atoms with Crippen LogP contribution in [0.1, 0.15) is 5.56 Å². The number of benzene rings is 1. The fourth-order valence-corrected chi connectivity index (χ4v) is 1.27. The average molecular weight is 216 g/mol. The molecular weight excluding hydrogens is 210 g/mol. The summed E-state index contributed by atoms with van der Waals surface area (Å²) in [5, 5.41) is 10.6. The SMILES string of the molecule is O=COCc1cccc(Cl)c1[N+](=O)[O-]. The lowest BCUT2D eigenvalue weighted by molar-refractivity contribution is -0.385. The predicted molar refractivity (Wildman–Crippen MR) is 49.0 cm³/mol. The van der Waals surface area contributed by atoms with Crippen molar-refractivity contribution in [1.82, 2.24) is 0 Å². The van der Waals surface area contributed by atoms with Crippen LogP contribution in [-0.2, 0) is 16.1 Å². The second kappa shape index (κ2) is 4.57. The normalized spacial score (nSPS) is 9.50. The van der Waals surface area contributed by atoms with Crippen molar-refractivity contribution in [3.05, 3.63) is 38.9 Å². The Morgan fingerprint density at radius 1 is 1.57 bits per heavy atom. The van der Waals surface area contributed by atoms with Crippen LogP contribution in [-0.4, -0.2) is 11.4 Å². The Hall–Kier alpha value is -1.62. The zero-order valence-corrected chi connectivity index (χ0v) is 7.73. The van der Waals surface area contributed by atoms with Gasteiger partial charge in [0.2, 0.25) is 0 Å². The molecule has 0 spiro atoms. The molecule has 0 amide bonds. The van der Waals surface area contributed by atoms with Crippen molar-refractivity contribution in [2.75, 3.05) is 0 Å². The number of para-hydroxylation sites is 1. The van der Waals surface area contributed by atoms with Gasteiger partial charge in [-0.1, -0.05) is 17.7 Å². The number of carbonyl (C=O) groups is 1. The standard InChI is InChI=1S/C8H6ClNO4/c9-7-3-1-2-6(4-14-5-11)8(7)10(12)13/h1-3,5H,4H2. The van der Waals surface area contributed by atoms with Crippen molar-refractivity contribution in [1.29, 1.82) is 0 Å². The lowest BCUT2D eigenvalue weighted by atomic mass is 10.2. The third-order valence-corrected chi connectivity index (χ3v) is 1.86. The first-order valence-corrected chi connectivity index (χ1v) is 4.01. The molecule has 0 saturated carbocycles. The summed E-state index contributed by atoms with van der Waals surface area (Å²) in [5.74, 6) is 0. The molecular formula is C8H6ClNO4. The highest BCUT2D eigenvalue weighted by Gasteiger charge is 2.17. The van der Waals surface area contributed by atoms with Crippen LogP contribution in [0.15, 0.2) is 18.2 Å². The Morgan fingerprint density at radius 3 is 2.86 bits per heavy atom. The smallest absolute Gasteiger partial charge is 0.294 e. The van der Waals surface area contributed by atoms with Gasteiger partial charge in [0.25, 0.3) is 12.2 Å². The topological polar surface area (TPSA) is 69.4 Å². The van der Waals surface area contributed by atoms with E-state index < -0.39 is 4.92 Å². The minimum Gasteiger partial charge on any atom is -0.463 e. The Labute approximate surface area is 84.4 Å². The van der Waals surface area contributed by atoms with E-state index in [2.05, 4.69) is 4.74 Å². The van der Waals surface area contributed by atoms with Gasteiger partial charge in [-0.15, -0.1) is 0 Å². The van der Waals surface area contributed by atoms with Crippen LogP contribution in [0.5, 0.6) is 0 Å².